The fraction of sp³-hybridized carbons (Fsp3) is 0.250. The first-order chi connectivity index (χ1) is 8.65. The summed E-state index contributed by atoms with van der Waals surface area (Å²) in [6.45, 7) is 2.55. The maximum Gasteiger partial charge on any atom is 0.253 e. The highest BCUT2D eigenvalue weighted by Gasteiger charge is 2.09. The van der Waals surface area contributed by atoms with Crippen molar-refractivity contribution >= 4 is 5.91 Å². The summed E-state index contributed by atoms with van der Waals surface area (Å²) in [6.07, 6.45) is 6.63. The number of aromatic amines is 1. The van der Waals surface area contributed by atoms with Gasteiger partial charge in [-0.2, -0.15) is 0 Å². The molecule has 1 unspecified atom stereocenters. The molecule has 18 heavy (non-hydrogen) atoms. The summed E-state index contributed by atoms with van der Waals surface area (Å²) in [5, 5.41) is 2.84. The molecule has 6 nitrogen and oxygen atoms in total. The van der Waals surface area contributed by atoms with Gasteiger partial charge in [-0.1, -0.05) is 0 Å². The molecular weight excluding hydrogens is 232 g/mol. The highest BCUT2D eigenvalue weighted by atomic mass is 16.2. The zero-order valence-electron chi connectivity index (χ0n) is 9.96. The van der Waals surface area contributed by atoms with E-state index in [0.29, 0.717) is 12.1 Å². The normalized spacial score (nSPS) is 12.1. The third kappa shape index (κ3) is 3.07. The topological polar surface area (TPSA) is 79.8 Å². The SMILES string of the molecule is CC(Cn1ccnc1)NC(=O)c1ccc(=O)[nH]c1. The number of H-pyrrole nitrogens is 1. The average molecular weight is 246 g/mol. The molecule has 0 aromatic carbocycles. The number of hydrogen-bond acceptors (Lipinski definition) is 3. The third-order valence-corrected chi connectivity index (χ3v) is 2.47. The lowest BCUT2D eigenvalue weighted by Gasteiger charge is -2.14. The summed E-state index contributed by atoms with van der Waals surface area (Å²) in [5.74, 6) is -0.209. The van der Waals surface area contributed by atoms with Gasteiger partial charge in [-0.15, -0.1) is 0 Å². The Morgan fingerprint density at radius 1 is 1.56 bits per heavy atom. The van der Waals surface area contributed by atoms with Gasteiger partial charge in [-0.05, 0) is 13.0 Å². The molecule has 0 aliphatic rings. The van der Waals surface area contributed by atoms with Crippen LogP contribution in [0, 0.1) is 0 Å². The van der Waals surface area contributed by atoms with Crippen LogP contribution >= 0.6 is 0 Å². The van der Waals surface area contributed by atoms with Crippen molar-refractivity contribution < 1.29 is 4.79 Å². The summed E-state index contributed by atoms with van der Waals surface area (Å²) in [4.78, 5) is 29.1. The van der Waals surface area contributed by atoms with Crippen molar-refractivity contribution in [2.45, 2.75) is 19.5 Å². The van der Waals surface area contributed by atoms with Gasteiger partial charge in [0.1, 0.15) is 0 Å². The lowest BCUT2D eigenvalue weighted by Crippen LogP contribution is -2.35. The number of carbonyl (C=O) groups excluding carboxylic acids is 1. The van der Waals surface area contributed by atoms with Crippen LogP contribution in [0.5, 0.6) is 0 Å². The third-order valence-electron chi connectivity index (χ3n) is 2.47. The summed E-state index contributed by atoms with van der Waals surface area (Å²) in [7, 11) is 0. The zero-order valence-corrected chi connectivity index (χ0v) is 9.96. The summed E-state index contributed by atoms with van der Waals surface area (Å²) < 4.78 is 1.89. The lowest BCUT2D eigenvalue weighted by atomic mass is 10.2. The Morgan fingerprint density at radius 3 is 3.00 bits per heavy atom. The monoisotopic (exact) mass is 246 g/mol. The van der Waals surface area contributed by atoms with E-state index in [-0.39, 0.29) is 17.5 Å². The van der Waals surface area contributed by atoms with Crippen molar-refractivity contribution in [2.24, 2.45) is 0 Å². The highest BCUT2D eigenvalue weighted by Crippen LogP contribution is 1.97. The molecule has 0 saturated carbocycles. The standard InChI is InChI=1S/C12H14N4O2/c1-9(7-16-5-4-13-8-16)15-12(18)10-2-3-11(17)14-6-10/h2-6,8-9H,7H2,1H3,(H,14,17)(H,15,18). The van der Waals surface area contributed by atoms with E-state index in [1.165, 1.54) is 18.3 Å². The summed E-state index contributed by atoms with van der Waals surface area (Å²) >= 11 is 0. The number of imidazole rings is 1. The molecule has 2 heterocycles. The zero-order chi connectivity index (χ0) is 13.0. The van der Waals surface area contributed by atoms with E-state index in [9.17, 15) is 9.59 Å². The Labute approximate surface area is 104 Å². The average Bonchev–Trinajstić information content (AvgIpc) is 2.82. The van der Waals surface area contributed by atoms with E-state index < -0.39 is 0 Å². The van der Waals surface area contributed by atoms with Crippen molar-refractivity contribution in [1.29, 1.82) is 0 Å². The van der Waals surface area contributed by atoms with Gasteiger partial charge in [0.15, 0.2) is 0 Å². The second-order valence-corrected chi connectivity index (χ2v) is 4.08. The Balaban J connectivity index is 1.94. The van der Waals surface area contributed by atoms with Crippen molar-refractivity contribution in [3.63, 3.8) is 0 Å². The van der Waals surface area contributed by atoms with Crippen LogP contribution in [0.2, 0.25) is 0 Å². The smallest absolute Gasteiger partial charge is 0.253 e. The van der Waals surface area contributed by atoms with Gasteiger partial charge in [0.25, 0.3) is 5.91 Å². The van der Waals surface area contributed by atoms with Gasteiger partial charge in [-0.25, -0.2) is 4.98 Å². The van der Waals surface area contributed by atoms with E-state index in [1.54, 1.807) is 12.5 Å². The molecule has 0 fully saturated rings. The number of pyridine rings is 1. The minimum Gasteiger partial charge on any atom is -0.348 e. The van der Waals surface area contributed by atoms with Crippen LogP contribution in [0.4, 0.5) is 0 Å². The van der Waals surface area contributed by atoms with E-state index in [2.05, 4.69) is 15.3 Å². The minimum absolute atomic E-state index is 0.0290. The van der Waals surface area contributed by atoms with Crippen LogP contribution in [0.25, 0.3) is 0 Å². The molecule has 2 aromatic rings. The largest absolute Gasteiger partial charge is 0.348 e. The number of rotatable bonds is 4. The molecule has 6 heteroatoms. The molecule has 94 valence electrons. The molecule has 2 rings (SSSR count). The van der Waals surface area contributed by atoms with Crippen molar-refractivity contribution in [2.75, 3.05) is 0 Å². The molecule has 0 aliphatic carbocycles. The van der Waals surface area contributed by atoms with Crippen LogP contribution in [0.15, 0.2) is 41.8 Å². The molecule has 2 aromatic heterocycles. The van der Waals surface area contributed by atoms with Gasteiger partial charge >= 0.3 is 0 Å². The fourth-order valence-corrected chi connectivity index (χ4v) is 1.62. The molecule has 0 radical (unpaired) electrons. The number of carbonyl (C=O) groups is 1. The molecule has 1 atom stereocenters. The van der Waals surface area contributed by atoms with Gasteiger partial charge in [-0.3, -0.25) is 9.59 Å². The van der Waals surface area contributed by atoms with E-state index in [1.807, 2.05) is 17.7 Å². The first-order valence-corrected chi connectivity index (χ1v) is 5.60. The van der Waals surface area contributed by atoms with Crippen molar-refractivity contribution in [1.82, 2.24) is 19.9 Å². The van der Waals surface area contributed by atoms with E-state index in [0.717, 1.165) is 0 Å². The number of nitrogens with zero attached hydrogens (tertiary/aromatic N) is 2. The maximum absolute atomic E-state index is 11.8. The highest BCUT2D eigenvalue weighted by molar-refractivity contribution is 5.93. The molecule has 2 N–H and O–H groups in total. The van der Waals surface area contributed by atoms with Gasteiger partial charge in [0.2, 0.25) is 5.56 Å². The van der Waals surface area contributed by atoms with Crippen LogP contribution in [0.1, 0.15) is 17.3 Å². The van der Waals surface area contributed by atoms with Crippen LogP contribution in [-0.4, -0.2) is 26.5 Å². The second-order valence-electron chi connectivity index (χ2n) is 4.08. The minimum atomic E-state index is -0.224. The number of hydrogen-bond donors (Lipinski definition) is 2. The molecule has 0 aliphatic heterocycles. The van der Waals surface area contributed by atoms with Crippen LogP contribution in [0.3, 0.4) is 0 Å². The van der Waals surface area contributed by atoms with Gasteiger partial charge in [0.05, 0.1) is 11.9 Å². The predicted octanol–water partition coefficient (Wildman–Crippen LogP) is 0.390. The Kier molecular flexibility index (Phi) is 3.57. The molecule has 0 saturated heterocycles. The Bertz CT molecular complexity index is 554. The first kappa shape index (κ1) is 12.1. The Hall–Kier alpha value is -2.37. The second kappa shape index (κ2) is 5.31. The fourth-order valence-electron chi connectivity index (χ4n) is 1.62. The van der Waals surface area contributed by atoms with Gasteiger partial charge in [0, 0.05) is 37.2 Å². The van der Waals surface area contributed by atoms with Crippen LogP contribution in [-0.2, 0) is 6.54 Å². The predicted molar refractivity (Wildman–Crippen MR) is 66.2 cm³/mol. The van der Waals surface area contributed by atoms with Crippen molar-refractivity contribution in [3.05, 3.63) is 53.0 Å². The van der Waals surface area contributed by atoms with Gasteiger partial charge < -0.3 is 14.9 Å². The summed E-state index contributed by atoms with van der Waals surface area (Å²) in [5.41, 5.74) is 0.213. The first-order valence-electron chi connectivity index (χ1n) is 5.60. The quantitative estimate of drug-likeness (QED) is 0.819. The maximum atomic E-state index is 11.8. The molecule has 1 amide bonds. The number of amides is 1. The molecule has 0 bridgehead atoms. The number of aromatic nitrogens is 3. The van der Waals surface area contributed by atoms with Crippen LogP contribution < -0.4 is 10.9 Å². The summed E-state index contributed by atoms with van der Waals surface area (Å²) in [6, 6.07) is 2.80. The van der Waals surface area contributed by atoms with E-state index >= 15 is 0 Å². The van der Waals surface area contributed by atoms with E-state index in [4.69, 9.17) is 0 Å². The van der Waals surface area contributed by atoms with Crippen molar-refractivity contribution in [3.8, 4) is 0 Å². The Morgan fingerprint density at radius 2 is 2.39 bits per heavy atom. The number of nitrogens with one attached hydrogen (secondary N) is 2. The molecular formula is C12H14N4O2. The lowest BCUT2D eigenvalue weighted by molar-refractivity contribution is 0.0936. The molecule has 0 spiro atoms.